The second-order valence-corrected chi connectivity index (χ2v) is 9.53. The lowest BCUT2D eigenvalue weighted by atomic mass is 9.89. The first-order valence-electron chi connectivity index (χ1n) is 9.39. The molecule has 156 valence electrons. The van der Waals surface area contributed by atoms with Crippen molar-refractivity contribution in [2.45, 2.75) is 36.0 Å². The lowest BCUT2D eigenvalue weighted by molar-refractivity contribution is -0.177. The number of nitrogens with zero attached hydrogens (tertiary/aromatic N) is 4. The molecule has 1 fully saturated rings. The highest BCUT2D eigenvalue weighted by Gasteiger charge is 2.48. The predicted molar refractivity (Wildman–Crippen MR) is 102 cm³/mol. The van der Waals surface area contributed by atoms with Crippen LogP contribution in [0.25, 0.3) is 0 Å². The molecule has 1 atom stereocenters. The Labute approximate surface area is 168 Å². The summed E-state index contributed by atoms with van der Waals surface area (Å²) in [5, 5.41) is 0. The number of hydrogen-bond acceptors (Lipinski definition) is 5. The Morgan fingerprint density at radius 2 is 1.90 bits per heavy atom. The summed E-state index contributed by atoms with van der Waals surface area (Å²) in [5.41, 5.74) is -0.813. The number of sulfonamides is 1. The Kier molecular flexibility index (Phi) is 4.96. The lowest BCUT2D eigenvalue weighted by Crippen LogP contribution is -2.54. The smallest absolute Gasteiger partial charge is 0.253 e. The zero-order valence-electron chi connectivity index (χ0n) is 16.3. The minimum atomic E-state index is -3.73. The Balaban J connectivity index is 1.57. The molecule has 2 aromatic rings. The summed E-state index contributed by atoms with van der Waals surface area (Å²) in [4.78, 5) is 18.5. The number of hydrogen-bond donors (Lipinski definition) is 0. The van der Waals surface area contributed by atoms with E-state index >= 15 is 0 Å². The number of amides is 1. The molecule has 0 radical (unpaired) electrons. The van der Waals surface area contributed by atoms with Gasteiger partial charge in [0.15, 0.2) is 6.10 Å². The van der Waals surface area contributed by atoms with Crippen LogP contribution in [0, 0.1) is 5.82 Å². The molecule has 0 aliphatic carbocycles. The molecule has 0 N–H and O–H groups in total. The maximum atomic E-state index is 13.2. The van der Waals surface area contributed by atoms with Crippen molar-refractivity contribution in [1.82, 2.24) is 18.8 Å². The van der Waals surface area contributed by atoms with Gasteiger partial charge in [0.2, 0.25) is 10.0 Å². The third kappa shape index (κ3) is 3.45. The van der Waals surface area contributed by atoms with E-state index in [9.17, 15) is 17.6 Å². The molecule has 1 spiro atoms. The first kappa shape index (κ1) is 20.0. The molecule has 8 nitrogen and oxygen atoms in total. The van der Waals surface area contributed by atoms with E-state index in [-0.39, 0.29) is 23.9 Å². The zero-order valence-corrected chi connectivity index (χ0v) is 17.1. The van der Waals surface area contributed by atoms with Crippen LogP contribution in [-0.2, 0) is 31.7 Å². The Morgan fingerprint density at radius 3 is 2.52 bits per heavy atom. The van der Waals surface area contributed by atoms with E-state index < -0.39 is 27.5 Å². The number of imidazole rings is 1. The van der Waals surface area contributed by atoms with E-state index in [4.69, 9.17) is 4.74 Å². The maximum absolute atomic E-state index is 13.2. The van der Waals surface area contributed by atoms with Gasteiger partial charge in [-0.05, 0) is 37.1 Å². The second kappa shape index (κ2) is 7.19. The number of ether oxygens (including phenoxy) is 1. The summed E-state index contributed by atoms with van der Waals surface area (Å²) in [6, 6.07) is 4.81. The van der Waals surface area contributed by atoms with Gasteiger partial charge in [-0.3, -0.25) is 4.79 Å². The third-order valence-electron chi connectivity index (χ3n) is 5.55. The summed E-state index contributed by atoms with van der Waals surface area (Å²) in [5.74, 6) is 0.102. The Morgan fingerprint density at radius 1 is 1.24 bits per heavy atom. The van der Waals surface area contributed by atoms with E-state index in [1.165, 1.54) is 21.3 Å². The van der Waals surface area contributed by atoms with Gasteiger partial charge in [0.25, 0.3) is 5.91 Å². The van der Waals surface area contributed by atoms with Crippen molar-refractivity contribution in [1.29, 1.82) is 0 Å². The summed E-state index contributed by atoms with van der Waals surface area (Å²) in [6.45, 7) is 0.816. The van der Waals surface area contributed by atoms with Gasteiger partial charge in [0.1, 0.15) is 17.2 Å². The SMILES string of the molecule is CN(C)C(=O)[C@H]1Cn2ccnc2C2(CCN(S(=O)(=O)c3ccc(F)cc3)CC2)O1. The van der Waals surface area contributed by atoms with E-state index in [1.807, 2.05) is 10.8 Å². The van der Waals surface area contributed by atoms with Gasteiger partial charge in [0.05, 0.1) is 11.4 Å². The van der Waals surface area contributed by atoms with Crippen molar-refractivity contribution >= 4 is 15.9 Å². The molecule has 1 aromatic carbocycles. The average molecular weight is 422 g/mol. The lowest BCUT2D eigenvalue weighted by Gasteiger charge is -2.45. The monoisotopic (exact) mass is 422 g/mol. The third-order valence-corrected chi connectivity index (χ3v) is 7.46. The molecule has 3 heterocycles. The number of carbonyl (C=O) groups excluding carboxylic acids is 1. The molecule has 0 bridgehead atoms. The first-order chi connectivity index (χ1) is 13.7. The second-order valence-electron chi connectivity index (χ2n) is 7.59. The molecule has 2 aliphatic rings. The van der Waals surface area contributed by atoms with Crippen LogP contribution in [0.1, 0.15) is 18.7 Å². The molecule has 4 rings (SSSR count). The van der Waals surface area contributed by atoms with Crippen LogP contribution in [0.3, 0.4) is 0 Å². The van der Waals surface area contributed by atoms with Crippen LogP contribution in [0.5, 0.6) is 0 Å². The van der Waals surface area contributed by atoms with Crippen molar-refractivity contribution in [3.05, 3.63) is 48.3 Å². The molecular weight excluding hydrogens is 399 g/mol. The number of rotatable bonds is 3. The summed E-state index contributed by atoms with van der Waals surface area (Å²) in [7, 11) is -0.372. The van der Waals surface area contributed by atoms with Crippen molar-refractivity contribution < 1.29 is 22.3 Å². The molecule has 0 unspecified atom stereocenters. The minimum absolute atomic E-state index is 0.0570. The van der Waals surface area contributed by atoms with Crippen LogP contribution in [0.15, 0.2) is 41.6 Å². The van der Waals surface area contributed by atoms with Gasteiger partial charge in [-0.2, -0.15) is 4.31 Å². The topological polar surface area (TPSA) is 84.7 Å². The molecule has 2 aliphatic heterocycles. The summed E-state index contributed by atoms with van der Waals surface area (Å²) in [6.07, 6.45) is 3.59. The highest BCUT2D eigenvalue weighted by Crippen LogP contribution is 2.41. The standard InChI is InChI=1S/C19H23FN4O4S/c1-22(2)17(25)16-13-23-12-9-21-18(23)19(28-16)7-10-24(11-8-19)29(26,27)15-5-3-14(20)4-6-15/h3-6,9,12,16H,7-8,10-11,13H2,1-2H3/t16-/m1/s1. The quantitative estimate of drug-likeness (QED) is 0.742. The van der Waals surface area contributed by atoms with Crippen LogP contribution >= 0.6 is 0 Å². The molecule has 29 heavy (non-hydrogen) atoms. The first-order valence-corrected chi connectivity index (χ1v) is 10.8. The molecular formula is C19H23FN4O4S. The Hall–Kier alpha value is -2.30. The number of halogens is 1. The van der Waals surface area contributed by atoms with Crippen molar-refractivity contribution in [3.63, 3.8) is 0 Å². The van der Waals surface area contributed by atoms with Gasteiger partial charge in [-0.25, -0.2) is 17.8 Å². The predicted octanol–water partition coefficient (Wildman–Crippen LogP) is 1.19. The fourth-order valence-electron chi connectivity index (χ4n) is 4.00. The molecule has 1 amide bonds. The fraction of sp³-hybridized carbons (Fsp3) is 0.474. The molecule has 1 saturated heterocycles. The van der Waals surface area contributed by atoms with Gasteiger partial charge < -0.3 is 14.2 Å². The van der Waals surface area contributed by atoms with Crippen molar-refractivity contribution in [2.75, 3.05) is 27.2 Å². The van der Waals surface area contributed by atoms with Crippen LogP contribution in [0.4, 0.5) is 4.39 Å². The molecule has 0 saturated carbocycles. The normalized spacial score (nSPS) is 21.7. The number of benzene rings is 1. The molecule has 10 heteroatoms. The van der Waals surface area contributed by atoms with Crippen LogP contribution in [-0.4, -0.2) is 66.4 Å². The van der Waals surface area contributed by atoms with Gasteiger partial charge in [-0.1, -0.05) is 0 Å². The largest absolute Gasteiger partial charge is 0.352 e. The summed E-state index contributed by atoms with van der Waals surface area (Å²) >= 11 is 0. The number of likely N-dealkylation sites (N-methyl/N-ethyl adjacent to an activating group) is 1. The minimum Gasteiger partial charge on any atom is -0.352 e. The fourth-order valence-corrected chi connectivity index (χ4v) is 5.44. The van der Waals surface area contributed by atoms with Crippen LogP contribution in [0.2, 0.25) is 0 Å². The van der Waals surface area contributed by atoms with E-state index in [2.05, 4.69) is 4.98 Å². The average Bonchev–Trinajstić information content (AvgIpc) is 3.18. The summed E-state index contributed by atoms with van der Waals surface area (Å²) < 4.78 is 48.5. The number of carbonyl (C=O) groups is 1. The van der Waals surface area contributed by atoms with Gasteiger partial charge in [0, 0.05) is 39.6 Å². The highest BCUT2D eigenvalue weighted by molar-refractivity contribution is 7.89. The molecule has 1 aromatic heterocycles. The van der Waals surface area contributed by atoms with Crippen molar-refractivity contribution in [3.8, 4) is 0 Å². The number of piperidine rings is 1. The highest BCUT2D eigenvalue weighted by atomic mass is 32.2. The van der Waals surface area contributed by atoms with E-state index in [0.29, 0.717) is 19.4 Å². The van der Waals surface area contributed by atoms with Crippen LogP contribution < -0.4 is 0 Å². The van der Waals surface area contributed by atoms with Crippen molar-refractivity contribution in [2.24, 2.45) is 0 Å². The zero-order chi connectivity index (χ0) is 20.8. The number of fused-ring (bicyclic) bond motifs is 2. The van der Waals surface area contributed by atoms with Gasteiger partial charge in [-0.15, -0.1) is 0 Å². The van der Waals surface area contributed by atoms with Gasteiger partial charge >= 0.3 is 0 Å². The Bertz CT molecular complexity index is 1010. The number of aromatic nitrogens is 2. The van der Waals surface area contributed by atoms with E-state index in [1.54, 1.807) is 20.3 Å². The van der Waals surface area contributed by atoms with E-state index in [0.717, 1.165) is 18.0 Å². The maximum Gasteiger partial charge on any atom is 0.253 e.